The van der Waals surface area contributed by atoms with E-state index in [0.29, 0.717) is 48.5 Å². The number of carbonyl (C=O) groups is 4. The second-order valence-corrected chi connectivity index (χ2v) is 7.62. The summed E-state index contributed by atoms with van der Waals surface area (Å²) >= 11 is 0. The maximum Gasteiger partial charge on any atom is 0.416 e. The molecule has 0 saturated heterocycles. The van der Waals surface area contributed by atoms with Crippen molar-refractivity contribution in [3.8, 4) is 22.3 Å². The van der Waals surface area contributed by atoms with Crippen LogP contribution in [0.5, 0.6) is 0 Å². The molecule has 0 bridgehead atoms. The van der Waals surface area contributed by atoms with Crippen molar-refractivity contribution in [3.05, 3.63) is 81.9 Å². The van der Waals surface area contributed by atoms with Gasteiger partial charge in [0.1, 0.15) is 0 Å². The molecule has 0 fully saturated rings. The lowest BCUT2D eigenvalue weighted by atomic mass is 9.81. The molecular weight excluding hydrogens is 530 g/mol. The molecule has 0 aromatic heterocycles. The molecule has 0 atom stereocenters. The zero-order chi connectivity index (χ0) is 28.7. The van der Waals surface area contributed by atoms with Crippen LogP contribution in [-0.4, -0.2) is 44.3 Å². The third kappa shape index (κ3) is 5.00. The van der Waals surface area contributed by atoms with Crippen molar-refractivity contribution in [2.75, 3.05) is 0 Å². The Balaban J connectivity index is 2.57. The van der Waals surface area contributed by atoms with Crippen LogP contribution in [0.2, 0.25) is 0 Å². The Morgan fingerprint density at radius 1 is 0.447 bits per heavy atom. The average molecular weight is 542 g/mol. The average Bonchev–Trinajstić information content (AvgIpc) is 2.80. The van der Waals surface area contributed by atoms with Gasteiger partial charge in [0.05, 0.1) is 33.4 Å². The third-order valence-electron chi connectivity index (χ3n) is 5.36. The van der Waals surface area contributed by atoms with E-state index >= 15 is 0 Å². The summed E-state index contributed by atoms with van der Waals surface area (Å²) in [6.45, 7) is 0. The van der Waals surface area contributed by atoms with E-state index in [9.17, 15) is 65.9 Å². The molecule has 3 aromatic rings. The predicted octanol–water partition coefficient (Wildman–Crippen LogP) is 5.85. The first-order chi connectivity index (χ1) is 17.5. The molecule has 3 rings (SSSR count). The monoisotopic (exact) mass is 542 g/mol. The molecule has 0 heterocycles. The molecule has 0 aliphatic carbocycles. The van der Waals surface area contributed by atoms with Gasteiger partial charge in [-0.2, -0.15) is 26.3 Å². The first-order valence-electron chi connectivity index (χ1n) is 9.99. The standard InChI is InChI=1S/C24H12F6O8/c25-23(26,27)11-5-1-9(2-6-11)13-15(19(31)32)17(21(35)36)14(18(22(37)38)16(13)20(33)34)10-3-7-12(8-4-10)24(28,29)30/h1-8H,(H,31,32)(H,33,34)(H,35,36)(H,37,38). The van der Waals surface area contributed by atoms with Gasteiger partial charge in [-0.3, -0.25) is 0 Å². The summed E-state index contributed by atoms with van der Waals surface area (Å²) < 4.78 is 78.0. The molecule has 8 nitrogen and oxygen atoms in total. The van der Waals surface area contributed by atoms with Gasteiger partial charge in [-0.1, -0.05) is 24.3 Å². The van der Waals surface area contributed by atoms with Crippen LogP contribution in [0.15, 0.2) is 48.5 Å². The molecule has 3 aromatic carbocycles. The van der Waals surface area contributed by atoms with Crippen molar-refractivity contribution < 1.29 is 65.9 Å². The highest BCUT2D eigenvalue weighted by molar-refractivity contribution is 6.21. The highest BCUT2D eigenvalue weighted by Gasteiger charge is 2.38. The fraction of sp³-hybridized carbons (Fsp3) is 0.0833. The van der Waals surface area contributed by atoms with E-state index in [-0.39, 0.29) is 0 Å². The smallest absolute Gasteiger partial charge is 0.416 e. The second kappa shape index (κ2) is 9.53. The van der Waals surface area contributed by atoms with Crippen LogP contribution in [0.1, 0.15) is 52.6 Å². The van der Waals surface area contributed by atoms with Gasteiger partial charge in [0, 0.05) is 11.1 Å². The molecular formula is C24H12F6O8. The van der Waals surface area contributed by atoms with Crippen molar-refractivity contribution in [1.29, 1.82) is 0 Å². The molecule has 0 aliphatic heterocycles. The molecule has 0 aliphatic rings. The Morgan fingerprint density at radius 3 is 0.816 bits per heavy atom. The van der Waals surface area contributed by atoms with E-state index in [1.54, 1.807) is 0 Å². The van der Waals surface area contributed by atoms with Crippen LogP contribution in [0.4, 0.5) is 26.3 Å². The van der Waals surface area contributed by atoms with Crippen LogP contribution in [-0.2, 0) is 12.4 Å². The molecule has 0 radical (unpaired) electrons. The summed E-state index contributed by atoms with van der Waals surface area (Å²) in [4.78, 5) is 49.0. The molecule has 0 unspecified atom stereocenters. The number of alkyl halides is 6. The van der Waals surface area contributed by atoms with Gasteiger partial charge in [0.15, 0.2) is 0 Å². The van der Waals surface area contributed by atoms with Gasteiger partial charge in [0.2, 0.25) is 0 Å². The summed E-state index contributed by atoms with van der Waals surface area (Å²) in [5, 5.41) is 39.5. The van der Waals surface area contributed by atoms with E-state index in [0.717, 1.165) is 0 Å². The van der Waals surface area contributed by atoms with Crippen LogP contribution < -0.4 is 0 Å². The number of rotatable bonds is 6. The fourth-order valence-electron chi connectivity index (χ4n) is 3.83. The zero-order valence-corrected chi connectivity index (χ0v) is 18.3. The van der Waals surface area contributed by atoms with Gasteiger partial charge in [-0.05, 0) is 35.4 Å². The van der Waals surface area contributed by atoms with Gasteiger partial charge in [-0.25, -0.2) is 19.2 Å². The van der Waals surface area contributed by atoms with Crippen molar-refractivity contribution in [2.24, 2.45) is 0 Å². The van der Waals surface area contributed by atoms with Crippen LogP contribution >= 0.6 is 0 Å². The van der Waals surface area contributed by atoms with E-state index in [1.807, 2.05) is 0 Å². The summed E-state index contributed by atoms with van der Waals surface area (Å²) in [5.74, 6) is -8.37. The van der Waals surface area contributed by atoms with E-state index in [2.05, 4.69) is 0 Å². The lowest BCUT2D eigenvalue weighted by Crippen LogP contribution is -2.21. The van der Waals surface area contributed by atoms with Gasteiger partial charge >= 0.3 is 36.2 Å². The molecule has 198 valence electrons. The van der Waals surface area contributed by atoms with Crippen molar-refractivity contribution >= 4 is 23.9 Å². The minimum Gasteiger partial charge on any atom is -0.478 e. The number of benzene rings is 3. The molecule has 14 heteroatoms. The molecule has 38 heavy (non-hydrogen) atoms. The number of halogens is 6. The summed E-state index contributed by atoms with van der Waals surface area (Å²) in [6, 6.07) is 4.29. The first-order valence-corrected chi connectivity index (χ1v) is 9.99. The van der Waals surface area contributed by atoms with Crippen molar-refractivity contribution in [2.45, 2.75) is 12.4 Å². The number of carboxylic acid groups (broad SMARTS) is 4. The van der Waals surface area contributed by atoms with E-state index in [4.69, 9.17) is 0 Å². The van der Waals surface area contributed by atoms with Crippen LogP contribution in [0.3, 0.4) is 0 Å². The van der Waals surface area contributed by atoms with Gasteiger partial charge < -0.3 is 20.4 Å². The minimum absolute atomic E-state index is 0.442. The van der Waals surface area contributed by atoms with Gasteiger partial charge in [-0.15, -0.1) is 0 Å². The number of hydrogen-bond acceptors (Lipinski definition) is 4. The van der Waals surface area contributed by atoms with Gasteiger partial charge in [0.25, 0.3) is 0 Å². The Hall–Kier alpha value is -4.88. The second-order valence-electron chi connectivity index (χ2n) is 7.62. The lowest BCUT2D eigenvalue weighted by molar-refractivity contribution is -0.138. The fourth-order valence-corrected chi connectivity index (χ4v) is 3.83. The number of carboxylic acids is 4. The lowest BCUT2D eigenvalue weighted by Gasteiger charge is -2.21. The third-order valence-corrected chi connectivity index (χ3v) is 5.36. The molecule has 0 amide bonds. The quantitative estimate of drug-likeness (QED) is 0.284. The van der Waals surface area contributed by atoms with Crippen LogP contribution in [0, 0.1) is 0 Å². The van der Waals surface area contributed by atoms with E-state index in [1.165, 1.54) is 0 Å². The first kappa shape index (κ1) is 27.7. The Morgan fingerprint density at radius 2 is 0.658 bits per heavy atom. The normalized spacial score (nSPS) is 11.7. The molecule has 0 spiro atoms. The zero-order valence-electron chi connectivity index (χ0n) is 18.3. The van der Waals surface area contributed by atoms with Crippen molar-refractivity contribution in [3.63, 3.8) is 0 Å². The minimum atomic E-state index is -4.85. The van der Waals surface area contributed by atoms with Crippen molar-refractivity contribution in [1.82, 2.24) is 0 Å². The van der Waals surface area contributed by atoms with E-state index < -0.39 is 91.9 Å². The predicted molar refractivity (Wildman–Crippen MR) is 115 cm³/mol. The maximum atomic E-state index is 13.0. The number of aromatic carboxylic acids is 4. The highest BCUT2D eigenvalue weighted by atomic mass is 19.4. The largest absolute Gasteiger partial charge is 0.478 e. The Labute approximate surface area is 207 Å². The topological polar surface area (TPSA) is 149 Å². The Kier molecular flexibility index (Phi) is 6.95. The summed E-state index contributed by atoms with van der Waals surface area (Å²) in [6.07, 6.45) is -9.71. The summed E-state index contributed by atoms with van der Waals surface area (Å²) in [7, 11) is 0. The number of hydrogen-bond donors (Lipinski definition) is 4. The molecule has 4 N–H and O–H groups in total. The SMILES string of the molecule is O=C(O)c1c(C(=O)O)c(-c2ccc(C(F)(F)F)cc2)c(C(=O)O)c(C(=O)O)c1-c1ccc(C(F)(F)F)cc1. The van der Waals surface area contributed by atoms with Crippen LogP contribution in [0.25, 0.3) is 22.3 Å². The molecule has 0 saturated carbocycles. The summed E-state index contributed by atoms with van der Waals surface area (Å²) in [5.41, 5.74) is -10.8. The Bertz CT molecular complexity index is 1300. The highest BCUT2D eigenvalue weighted by Crippen LogP contribution is 2.42. The maximum absolute atomic E-state index is 13.0.